The fourth-order valence-corrected chi connectivity index (χ4v) is 4.32. The maximum Gasteiger partial charge on any atom is 0.241 e. The molecule has 6 heteroatoms. The van der Waals surface area contributed by atoms with Crippen LogP contribution in [-0.4, -0.2) is 20.0 Å². The fraction of sp³-hybridized carbons (Fsp3) is 0.500. The van der Waals surface area contributed by atoms with E-state index in [0.29, 0.717) is 12.1 Å². The van der Waals surface area contributed by atoms with E-state index in [2.05, 4.69) is 11.6 Å². The van der Waals surface area contributed by atoms with Crippen LogP contribution in [0.2, 0.25) is 0 Å². The van der Waals surface area contributed by atoms with Gasteiger partial charge in [-0.05, 0) is 24.3 Å². The van der Waals surface area contributed by atoms with Crippen LogP contribution < -0.4 is 10.5 Å². The lowest BCUT2D eigenvalue weighted by atomic mass is 9.89. The van der Waals surface area contributed by atoms with Crippen LogP contribution in [0.25, 0.3) is 0 Å². The van der Waals surface area contributed by atoms with Gasteiger partial charge in [0.05, 0.1) is 4.90 Å². The Morgan fingerprint density at radius 1 is 1.35 bits per heavy atom. The predicted molar refractivity (Wildman–Crippen MR) is 84.1 cm³/mol. The van der Waals surface area contributed by atoms with E-state index < -0.39 is 10.0 Å². The first-order valence-electron chi connectivity index (χ1n) is 6.73. The number of nitrogens with one attached hydrogen (secondary N) is 1. The van der Waals surface area contributed by atoms with E-state index in [0.717, 1.165) is 12.8 Å². The van der Waals surface area contributed by atoms with Gasteiger partial charge in [-0.15, -0.1) is 0 Å². The van der Waals surface area contributed by atoms with Gasteiger partial charge in [0.15, 0.2) is 0 Å². The van der Waals surface area contributed by atoms with Crippen molar-refractivity contribution in [1.29, 1.82) is 0 Å². The van der Waals surface area contributed by atoms with Gasteiger partial charge in [0, 0.05) is 12.1 Å². The van der Waals surface area contributed by atoms with Gasteiger partial charge in [-0.25, -0.2) is 13.1 Å². The highest BCUT2D eigenvalue weighted by Gasteiger charge is 2.30. The summed E-state index contributed by atoms with van der Waals surface area (Å²) in [5, 5.41) is 0. The van der Waals surface area contributed by atoms with E-state index in [1.54, 1.807) is 18.2 Å². The lowest BCUT2D eigenvalue weighted by Crippen LogP contribution is -2.35. The monoisotopic (exact) mass is 312 g/mol. The molecule has 1 aliphatic rings. The highest BCUT2D eigenvalue weighted by atomic mass is 32.2. The number of hydrogen-bond acceptors (Lipinski definition) is 3. The number of rotatable bonds is 5. The third-order valence-electron chi connectivity index (χ3n) is 3.94. The molecule has 1 fully saturated rings. The fourth-order valence-electron chi connectivity index (χ4n) is 2.66. The van der Waals surface area contributed by atoms with Crippen LogP contribution in [-0.2, 0) is 10.0 Å². The third kappa shape index (κ3) is 3.37. The molecule has 0 radical (unpaired) electrons. The number of sulfonamides is 1. The first kappa shape index (κ1) is 15.4. The molecule has 1 aromatic carbocycles. The lowest BCUT2D eigenvalue weighted by Gasteiger charge is -2.24. The summed E-state index contributed by atoms with van der Waals surface area (Å²) in [5.74, 6) is 0. The van der Waals surface area contributed by atoms with Crippen LogP contribution in [0.5, 0.6) is 0 Å². The molecule has 0 saturated heterocycles. The van der Waals surface area contributed by atoms with Gasteiger partial charge in [-0.2, -0.15) is 0 Å². The summed E-state index contributed by atoms with van der Waals surface area (Å²) in [6.45, 7) is 2.59. The third-order valence-corrected chi connectivity index (χ3v) is 5.62. The van der Waals surface area contributed by atoms with Gasteiger partial charge >= 0.3 is 0 Å². The van der Waals surface area contributed by atoms with E-state index in [-0.39, 0.29) is 15.3 Å². The van der Waals surface area contributed by atoms with Crippen molar-refractivity contribution in [2.45, 2.75) is 37.5 Å². The van der Waals surface area contributed by atoms with Crippen molar-refractivity contribution in [3.05, 3.63) is 29.8 Å². The zero-order chi connectivity index (χ0) is 14.8. The molecule has 20 heavy (non-hydrogen) atoms. The first-order chi connectivity index (χ1) is 9.34. The quantitative estimate of drug-likeness (QED) is 0.818. The molecule has 0 spiro atoms. The molecule has 4 nitrogen and oxygen atoms in total. The van der Waals surface area contributed by atoms with E-state index in [1.165, 1.54) is 18.9 Å². The van der Waals surface area contributed by atoms with E-state index in [4.69, 9.17) is 18.0 Å². The van der Waals surface area contributed by atoms with Crippen molar-refractivity contribution in [2.75, 3.05) is 6.54 Å². The summed E-state index contributed by atoms with van der Waals surface area (Å²) in [6, 6.07) is 6.57. The molecule has 0 aliphatic heterocycles. The van der Waals surface area contributed by atoms with Crippen molar-refractivity contribution in [3.8, 4) is 0 Å². The Hall–Kier alpha value is -0.980. The molecule has 0 amide bonds. The molecule has 0 unspecified atom stereocenters. The maximum atomic E-state index is 12.4. The Kier molecular flexibility index (Phi) is 4.46. The summed E-state index contributed by atoms with van der Waals surface area (Å²) in [5.41, 5.74) is 6.05. The summed E-state index contributed by atoms with van der Waals surface area (Å²) in [4.78, 5) is 0.257. The molecule has 0 atom stereocenters. The molecule has 1 aromatic rings. The Balaban J connectivity index is 2.20. The van der Waals surface area contributed by atoms with Crippen LogP contribution in [0.1, 0.15) is 38.2 Å². The van der Waals surface area contributed by atoms with Crippen molar-refractivity contribution >= 4 is 27.2 Å². The standard InChI is InChI=1S/C14H20N2O2S2/c1-14(8-4-5-9-14)10-16-20(17,18)12-7-3-2-6-11(12)13(15)19/h2-3,6-7,16H,4-5,8-10H2,1H3,(H2,15,19). The number of hydrogen-bond donors (Lipinski definition) is 2. The number of nitrogens with two attached hydrogens (primary N) is 1. The van der Waals surface area contributed by atoms with E-state index in [9.17, 15) is 8.42 Å². The minimum atomic E-state index is -3.58. The molecule has 1 saturated carbocycles. The molecule has 3 N–H and O–H groups in total. The highest BCUT2D eigenvalue weighted by Crippen LogP contribution is 2.37. The van der Waals surface area contributed by atoms with Gasteiger partial charge < -0.3 is 5.73 Å². The zero-order valence-electron chi connectivity index (χ0n) is 11.6. The molecule has 110 valence electrons. The molecule has 0 bridgehead atoms. The average Bonchev–Trinajstić information content (AvgIpc) is 2.84. The van der Waals surface area contributed by atoms with Crippen molar-refractivity contribution < 1.29 is 8.42 Å². The van der Waals surface area contributed by atoms with Crippen molar-refractivity contribution in [2.24, 2.45) is 11.1 Å². The molecular formula is C14H20N2O2S2. The van der Waals surface area contributed by atoms with Crippen LogP contribution in [0.4, 0.5) is 0 Å². The smallest absolute Gasteiger partial charge is 0.241 e. The molecule has 0 aromatic heterocycles. The molecule has 0 heterocycles. The average molecular weight is 312 g/mol. The van der Waals surface area contributed by atoms with Gasteiger partial charge in [0.25, 0.3) is 0 Å². The zero-order valence-corrected chi connectivity index (χ0v) is 13.2. The second kappa shape index (κ2) is 5.79. The van der Waals surface area contributed by atoms with Gasteiger partial charge in [0.2, 0.25) is 10.0 Å². The summed E-state index contributed by atoms with van der Waals surface area (Å²) in [7, 11) is -3.58. The molecular weight excluding hydrogens is 292 g/mol. The largest absolute Gasteiger partial charge is 0.389 e. The Morgan fingerprint density at radius 3 is 2.55 bits per heavy atom. The highest BCUT2D eigenvalue weighted by molar-refractivity contribution is 7.89. The Bertz CT molecular complexity index is 605. The minimum Gasteiger partial charge on any atom is -0.389 e. The van der Waals surface area contributed by atoms with Gasteiger partial charge in [-0.1, -0.05) is 50.2 Å². The topological polar surface area (TPSA) is 72.2 Å². The second-order valence-electron chi connectivity index (χ2n) is 5.70. The van der Waals surface area contributed by atoms with E-state index in [1.807, 2.05) is 0 Å². The van der Waals surface area contributed by atoms with Crippen molar-refractivity contribution in [3.63, 3.8) is 0 Å². The first-order valence-corrected chi connectivity index (χ1v) is 8.62. The Labute approximate surface area is 125 Å². The second-order valence-corrected chi connectivity index (χ2v) is 7.88. The van der Waals surface area contributed by atoms with E-state index >= 15 is 0 Å². The van der Waals surface area contributed by atoms with Crippen LogP contribution in [0.15, 0.2) is 29.2 Å². The normalized spacial score (nSPS) is 18.1. The van der Waals surface area contributed by atoms with Crippen LogP contribution in [0.3, 0.4) is 0 Å². The maximum absolute atomic E-state index is 12.4. The minimum absolute atomic E-state index is 0.0608. The SMILES string of the molecule is CC1(CNS(=O)(=O)c2ccccc2C(N)=S)CCCC1. The predicted octanol–water partition coefficient (Wildman–Crippen LogP) is 2.18. The number of benzene rings is 1. The lowest BCUT2D eigenvalue weighted by molar-refractivity contribution is 0.336. The van der Waals surface area contributed by atoms with Gasteiger partial charge in [0.1, 0.15) is 4.99 Å². The number of thiocarbonyl (C=S) groups is 1. The summed E-state index contributed by atoms with van der Waals surface area (Å²) in [6.07, 6.45) is 4.46. The van der Waals surface area contributed by atoms with Crippen molar-refractivity contribution in [1.82, 2.24) is 4.72 Å². The molecule has 1 aliphatic carbocycles. The summed E-state index contributed by atoms with van der Waals surface area (Å²) >= 11 is 4.92. The molecule has 2 rings (SSSR count). The van der Waals surface area contributed by atoms with Crippen LogP contribution >= 0.6 is 12.2 Å². The van der Waals surface area contributed by atoms with Gasteiger partial charge in [-0.3, -0.25) is 0 Å². The Morgan fingerprint density at radius 2 is 1.95 bits per heavy atom. The van der Waals surface area contributed by atoms with Crippen LogP contribution in [0, 0.1) is 5.41 Å². The summed E-state index contributed by atoms with van der Waals surface area (Å²) < 4.78 is 27.6.